The van der Waals surface area contributed by atoms with E-state index in [2.05, 4.69) is 17.6 Å². The Balaban J connectivity index is 1.78. The van der Waals surface area contributed by atoms with E-state index in [1.54, 1.807) is 5.32 Å². The fraction of sp³-hybridized carbons (Fsp3) is 0.333. The van der Waals surface area contributed by atoms with Gasteiger partial charge >= 0.3 is 0 Å². The van der Waals surface area contributed by atoms with Gasteiger partial charge in [0.1, 0.15) is 6.04 Å². The molecule has 6 nitrogen and oxygen atoms in total. The van der Waals surface area contributed by atoms with E-state index in [0.717, 1.165) is 17.7 Å². The summed E-state index contributed by atoms with van der Waals surface area (Å²) in [6, 6.07) is 14.6. The lowest BCUT2D eigenvalue weighted by molar-refractivity contribution is -0.680. The van der Waals surface area contributed by atoms with Crippen LogP contribution in [-0.4, -0.2) is 31.0 Å². The quantitative estimate of drug-likeness (QED) is 0.537. The first-order valence-electron chi connectivity index (χ1n) is 9.21. The monoisotopic (exact) mass is 369 g/mol. The fourth-order valence-corrected chi connectivity index (χ4v) is 2.75. The van der Waals surface area contributed by atoms with Gasteiger partial charge in [-0.25, -0.2) is 0 Å². The van der Waals surface area contributed by atoms with Gasteiger partial charge in [-0.05, 0) is 48.7 Å². The number of carboxylic acid groups (broad SMARTS) is 1. The summed E-state index contributed by atoms with van der Waals surface area (Å²) >= 11 is 0. The largest absolute Gasteiger partial charge is 0.544 e. The Kier molecular flexibility index (Phi) is 7.82. The second-order valence-corrected chi connectivity index (χ2v) is 6.55. The van der Waals surface area contributed by atoms with Gasteiger partial charge in [0, 0.05) is 11.4 Å². The predicted octanol–water partition coefficient (Wildman–Crippen LogP) is 0.680. The second-order valence-electron chi connectivity index (χ2n) is 6.55. The Bertz CT molecular complexity index is 760. The number of quaternary nitrogens is 1. The van der Waals surface area contributed by atoms with E-state index in [4.69, 9.17) is 0 Å². The van der Waals surface area contributed by atoms with E-state index in [1.807, 2.05) is 55.5 Å². The van der Waals surface area contributed by atoms with Crippen LogP contribution in [0.2, 0.25) is 0 Å². The molecule has 0 spiro atoms. The normalized spacial score (nSPS) is 11.6. The van der Waals surface area contributed by atoms with Crippen molar-refractivity contribution in [1.82, 2.24) is 0 Å². The van der Waals surface area contributed by atoms with Crippen LogP contribution in [0, 0.1) is 6.92 Å². The topological polar surface area (TPSA) is 97.9 Å². The third-order valence-corrected chi connectivity index (χ3v) is 4.30. The summed E-state index contributed by atoms with van der Waals surface area (Å²) in [5, 5.41) is 18.9. The highest BCUT2D eigenvalue weighted by Gasteiger charge is 2.18. The Morgan fingerprint density at radius 1 is 1.11 bits per heavy atom. The molecule has 2 rings (SSSR count). The Labute approximate surface area is 160 Å². The number of amides is 1. The first-order chi connectivity index (χ1) is 13.0. The van der Waals surface area contributed by atoms with Crippen molar-refractivity contribution in [2.45, 2.75) is 32.7 Å². The highest BCUT2D eigenvalue weighted by molar-refractivity contribution is 5.93. The number of aryl methyl sites for hydroxylation is 2. The smallest absolute Gasteiger partial charge is 0.230 e. The van der Waals surface area contributed by atoms with Gasteiger partial charge in [0.2, 0.25) is 5.91 Å². The molecule has 0 radical (unpaired) electrons. The summed E-state index contributed by atoms with van der Waals surface area (Å²) in [4.78, 5) is 23.5. The zero-order chi connectivity index (χ0) is 19.6. The molecular formula is C21H27N3O3. The number of nitrogens with two attached hydrogens (primary N) is 1. The molecule has 0 unspecified atom stereocenters. The Morgan fingerprint density at radius 3 is 2.48 bits per heavy atom. The maximum atomic E-state index is 12.1. The molecule has 0 fully saturated rings. The molecule has 2 aromatic rings. The number of carbonyl (C=O) groups excluding carboxylic acids is 2. The molecule has 0 saturated carbocycles. The van der Waals surface area contributed by atoms with Crippen LogP contribution in [0.25, 0.3) is 0 Å². The summed E-state index contributed by atoms with van der Waals surface area (Å²) in [6.07, 6.45) is 0.787. The van der Waals surface area contributed by atoms with Crippen LogP contribution in [-0.2, 0) is 16.0 Å². The minimum absolute atomic E-state index is 0.137. The third kappa shape index (κ3) is 7.11. The molecule has 6 heteroatoms. The molecule has 0 aliphatic rings. The van der Waals surface area contributed by atoms with Crippen molar-refractivity contribution in [2.24, 2.45) is 0 Å². The van der Waals surface area contributed by atoms with Crippen LogP contribution < -0.4 is 21.1 Å². The summed E-state index contributed by atoms with van der Waals surface area (Å²) in [6.45, 7) is 5.18. The van der Waals surface area contributed by atoms with Gasteiger partial charge in [-0.3, -0.25) is 4.79 Å². The number of benzene rings is 2. The molecule has 0 bridgehead atoms. The highest BCUT2D eigenvalue weighted by atomic mass is 16.4. The SMILES string of the molecule is CCc1ccc(NC(=O)C[C@H]([NH2+]CCNc2cccc(C)c2)C(=O)[O-])cc1. The van der Waals surface area contributed by atoms with Crippen molar-refractivity contribution in [2.75, 3.05) is 23.7 Å². The van der Waals surface area contributed by atoms with Crippen LogP contribution >= 0.6 is 0 Å². The molecule has 0 heterocycles. The van der Waals surface area contributed by atoms with Crippen molar-refractivity contribution in [3.05, 3.63) is 59.7 Å². The van der Waals surface area contributed by atoms with E-state index < -0.39 is 12.0 Å². The maximum absolute atomic E-state index is 12.1. The molecule has 0 saturated heterocycles. The van der Waals surface area contributed by atoms with E-state index in [1.165, 1.54) is 5.56 Å². The van der Waals surface area contributed by atoms with Crippen LogP contribution in [0.4, 0.5) is 11.4 Å². The molecule has 27 heavy (non-hydrogen) atoms. The molecule has 1 atom stereocenters. The van der Waals surface area contributed by atoms with Crippen molar-refractivity contribution in [3.63, 3.8) is 0 Å². The van der Waals surface area contributed by atoms with E-state index in [9.17, 15) is 14.7 Å². The number of nitrogens with one attached hydrogen (secondary N) is 2. The van der Waals surface area contributed by atoms with Crippen LogP contribution in [0.3, 0.4) is 0 Å². The lowest BCUT2D eigenvalue weighted by Crippen LogP contribution is -2.94. The first kappa shape index (κ1) is 20.5. The van der Waals surface area contributed by atoms with E-state index in [-0.39, 0.29) is 12.3 Å². The standard InChI is InChI=1S/C21H27N3O3/c1-3-16-7-9-17(10-8-16)24-20(25)14-19(21(26)27)23-12-11-22-18-6-4-5-15(2)13-18/h4-10,13,19,22-23H,3,11-12,14H2,1-2H3,(H,24,25)(H,26,27)/t19-/m0/s1. The fourth-order valence-electron chi connectivity index (χ4n) is 2.75. The number of carbonyl (C=O) groups is 2. The average molecular weight is 369 g/mol. The lowest BCUT2D eigenvalue weighted by Gasteiger charge is -2.17. The third-order valence-electron chi connectivity index (χ3n) is 4.30. The van der Waals surface area contributed by atoms with Gasteiger partial charge in [-0.15, -0.1) is 0 Å². The zero-order valence-corrected chi connectivity index (χ0v) is 15.8. The molecular weight excluding hydrogens is 342 g/mol. The summed E-state index contributed by atoms with van der Waals surface area (Å²) in [7, 11) is 0. The van der Waals surface area contributed by atoms with Crippen molar-refractivity contribution in [3.8, 4) is 0 Å². The molecule has 4 N–H and O–H groups in total. The lowest BCUT2D eigenvalue weighted by atomic mass is 10.1. The van der Waals surface area contributed by atoms with Gasteiger partial charge in [0.25, 0.3) is 0 Å². The summed E-state index contributed by atoms with van der Waals surface area (Å²) in [5.74, 6) is -1.57. The molecule has 0 aromatic heterocycles. The number of hydrogen-bond acceptors (Lipinski definition) is 4. The van der Waals surface area contributed by atoms with Crippen LogP contribution in [0.15, 0.2) is 48.5 Å². The summed E-state index contributed by atoms with van der Waals surface area (Å²) in [5.41, 5.74) is 3.98. The molecule has 144 valence electrons. The van der Waals surface area contributed by atoms with Crippen molar-refractivity contribution < 1.29 is 20.0 Å². The molecule has 0 aliphatic heterocycles. The highest BCUT2D eigenvalue weighted by Crippen LogP contribution is 2.10. The van der Waals surface area contributed by atoms with Gasteiger partial charge in [-0.1, -0.05) is 31.2 Å². The molecule has 1 amide bonds. The average Bonchev–Trinajstić information content (AvgIpc) is 2.64. The van der Waals surface area contributed by atoms with Crippen molar-refractivity contribution >= 4 is 23.3 Å². The minimum atomic E-state index is -1.23. The molecule has 2 aromatic carbocycles. The van der Waals surface area contributed by atoms with Crippen LogP contribution in [0.1, 0.15) is 24.5 Å². The number of anilines is 2. The van der Waals surface area contributed by atoms with Crippen LogP contribution in [0.5, 0.6) is 0 Å². The predicted molar refractivity (Wildman–Crippen MR) is 104 cm³/mol. The number of rotatable bonds is 10. The number of carboxylic acids is 1. The summed E-state index contributed by atoms with van der Waals surface area (Å²) < 4.78 is 0. The maximum Gasteiger partial charge on any atom is 0.230 e. The van der Waals surface area contributed by atoms with Gasteiger partial charge in [-0.2, -0.15) is 0 Å². The van der Waals surface area contributed by atoms with Crippen molar-refractivity contribution in [1.29, 1.82) is 0 Å². The number of hydrogen-bond donors (Lipinski definition) is 3. The Hall–Kier alpha value is -2.86. The Morgan fingerprint density at radius 2 is 1.85 bits per heavy atom. The van der Waals surface area contributed by atoms with E-state index in [0.29, 0.717) is 18.8 Å². The van der Waals surface area contributed by atoms with E-state index >= 15 is 0 Å². The van der Waals surface area contributed by atoms with Gasteiger partial charge in [0.15, 0.2) is 0 Å². The van der Waals surface area contributed by atoms with Gasteiger partial charge in [0.05, 0.1) is 25.5 Å². The minimum Gasteiger partial charge on any atom is -0.544 e. The zero-order valence-electron chi connectivity index (χ0n) is 15.8. The molecule has 0 aliphatic carbocycles. The first-order valence-corrected chi connectivity index (χ1v) is 9.21. The van der Waals surface area contributed by atoms with Gasteiger partial charge < -0.3 is 25.9 Å². The second kappa shape index (κ2) is 10.3. The number of aliphatic carboxylic acids is 1.